The standard InChI is InChI=1S/C19H26O6S/c1-3-5-6-14(4-2)12-22-18(9-10-20)26-25-19(21)15-7-8-16-17(11-15)24-13-23-16/h7-8,10-11,14,18H,3-6,9,12-13H2,1-2H3. The van der Waals surface area contributed by atoms with Crippen molar-refractivity contribution in [2.24, 2.45) is 5.92 Å². The fourth-order valence-corrected chi connectivity index (χ4v) is 3.11. The van der Waals surface area contributed by atoms with Gasteiger partial charge in [-0.3, -0.25) is 0 Å². The van der Waals surface area contributed by atoms with Crippen molar-refractivity contribution >= 4 is 24.3 Å². The molecule has 0 aliphatic carbocycles. The molecule has 6 nitrogen and oxygen atoms in total. The van der Waals surface area contributed by atoms with Crippen molar-refractivity contribution in [3.63, 3.8) is 0 Å². The third kappa shape index (κ3) is 6.21. The lowest BCUT2D eigenvalue weighted by Crippen LogP contribution is -2.17. The molecule has 26 heavy (non-hydrogen) atoms. The molecule has 1 aliphatic heterocycles. The van der Waals surface area contributed by atoms with Gasteiger partial charge in [0.25, 0.3) is 0 Å². The summed E-state index contributed by atoms with van der Waals surface area (Å²) >= 11 is 0.884. The lowest BCUT2D eigenvalue weighted by molar-refractivity contribution is -0.109. The molecule has 0 amide bonds. The number of carbonyl (C=O) groups excluding carboxylic acids is 2. The predicted octanol–water partition coefficient (Wildman–Crippen LogP) is 4.37. The summed E-state index contributed by atoms with van der Waals surface area (Å²) in [6.45, 7) is 5.00. The molecule has 0 spiro atoms. The number of hydrogen-bond acceptors (Lipinski definition) is 7. The first-order chi connectivity index (χ1) is 12.7. The summed E-state index contributed by atoms with van der Waals surface area (Å²) in [6, 6.07) is 4.87. The van der Waals surface area contributed by atoms with Gasteiger partial charge in [-0.15, -0.1) is 0 Å². The molecule has 2 rings (SSSR count). The summed E-state index contributed by atoms with van der Waals surface area (Å²) in [5.74, 6) is 1.07. The van der Waals surface area contributed by atoms with Crippen LogP contribution >= 0.6 is 12.0 Å². The Balaban J connectivity index is 1.83. The molecule has 0 fully saturated rings. The predicted molar refractivity (Wildman–Crippen MR) is 99.3 cm³/mol. The average Bonchev–Trinajstić information content (AvgIpc) is 3.13. The number of rotatable bonds is 12. The molecule has 0 N–H and O–H groups in total. The number of hydrogen-bond donors (Lipinski definition) is 0. The van der Waals surface area contributed by atoms with E-state index in [0.717, 1.165) is 44.0 Å². The molecule has 0 aromatic heterocycles. The third-order valence-electron chi connectivity index (χ3n) is 4.19. The molecule has 0 radical (unpaired) electrons. The number of fused-ring (bicyclic) bond motifs is 1. The van der Waals surface area contributed by atoms with E-state index in [1.54, 1.807) is 18.2 Å². The number of carbonyl (C=O) groups is 2. The van der Waals surface area contributed by atoms with Crippen molar-refractivity contribution in [3.05, 3.63) is 23.8 Å². The van der Waals surface area contributed by atoms with Crippen LogP contribution < -0.4 is 9.47 Å². The summed E-state index contributed by atoms with van der Waals surface area (Å²) < 4.78 is 21.5. The Labute approximate surface area is 158 Å². The first-order valence-electron chi connectivity index (χ1n) is 9.00. The van der Waals surface area contributed by atoms with Crippen molar-refractivity contribution in [1.29, 1.82) is 0 Å². The molecule has 1 aromatic rings. The monoisotopic (exact) mass is 382 g/mol. The van der Waals surface area contributed by atoms with E-state index in [2.05, 4.69) is 13.8 Å². The quantitative estimate of drug-likeness (QED) is 0.302. The molecule has 0 saturated heterocycles. The van der Waals surface area contributed by atoms with Gasteiger partial charge < -0.3 is 23.2 Å². The van der Waals surface area contributed by atoms with Gasteiger partial charge >= 0.3 is 5.97 Å². The van der Waals surface area contributed by atoms with E-state index in [9.17, 15) is 9.59 Å². The Morgan fingerprint density at radius 2 is 2.12 bits per heavy atom. The zero-order valence-corrected chi connectivity index (χ0v) is 16.1. The van der Waals surface area contributed by atoms with Crippen LogP contribution in [0, 0.1) is 5.92 Å². The van der Waals surface area contributed by atoms with Crippen LogP contribution in [0.3, 0.4) is 0 Å². The smallest absolute Gasteiger partial charge is 0.350 e. The summed E-state index contributed by atoms with van der Waals surface area (Å²) in [4.78, 5) is 23.1. The van der Waals surface area contributed by atoms with Crippen LogP contribution in [0.5, 0.6) is 11.5 Å². The van der Waals surface area contributed by atoms with Crippen LogP contribution in [-0.4, -0.2) is 31.1 Å². The van der Waals surface area contributed by atoms with E-state index in [4.69, 9.17) is 18.4 Å². The SMILES string of the molecule is CCCCC(CC)COC(CC=O)SOC(=O)c1ccc2c(c1)OCO2. The van der Waals surface area contributed by atoms with Gasteiger partial charge in [-0.1, -0.05) is 33.1 Å². The normalized spacial score (nSPS) is 14.7. The Hall–Kier alpha value is -1.73. The molecule has 0 bridgehead atoms. The summed E-state index contributed by atoms with van der Waals surface area (Å²) in [7, 11) is 0. The second-order valence-electron chi connectivity index (χ2n) is 6.12. The number of unbranched alkanes of at least 4 members (excludes halogenated alkanes) is 1. The van der Waals surface area contributed by atoms with Crippen LogP contribution in [0.15, 0.2) is 18.2 Å². The molecule has 2 atom stereocenters. The topological polar surface area (TPSA) is 71.1 Å². The minimum atomic E-state index is -0.508. The second kappa shape index (κ2) is 11.1. The molecule has 7 heteroatoms. The van der Waals surface area contributed by atoms with Crippen LogP contribution in [0.2, 0.25) is 0 Å². The van der Waals surface area contributed by atoms with Crippen molar-refractivity contribution in [1.82, 2.24) is 0 Å². The minimum absolute atomic E-state index is 0.147. The first kappa shape index (κ1) is 20.6. The van der Waals surface area contributed by atoms with Crippen molar-refractivity contribution in [2.45, 2.75) is 51.4 Å². The highest BCUT2D eigenvalue weighted by Gasteiger charge is 2.20. The van der Waals surface area contributed by atoms with E-state index in [-0.39, 0.29) is 13.2 Å². The zero-order chi connectivity index (χ0) is 18.8. The van der Waals surface area contributed by atoms with E-state index in [1.165, 1.54) is 0 Å². The molecule has 1 aliphatic rings. The molecule has 144 valence electrons. The third-order valence-corrected chi connectivity index (χ3v) is 4.98. The molecular weight excluding hydrogens is 356 g/mol. The summed E-state index contributed by atoms with van der Waals surface area (Å²) in [5.41, 5.74) is -0.137. The Morgan fingerprint density at radius 3 is 2.85 bits per heavy atom. The van der Waals surface area contributed by atoms with Crippen molar-refractivity contribution < 1.29 is 28.0 Å². The molecule has 0 saturated carbocycles. The lowest BCUT2D eigenvalue weighted by atomic mass is 10.0. The number of ether oxygens (including phenoxy) is 3. The fraction of sp³-hybridized carbons (Fsp3) is 0.579. The first-order valence-corrected chi connectivity index (χ1v) is 9.80. The zero-order valence-electron chi connectivity index (χ0n) is 15.3. The molecule has 1 heterocycles. The number of aldehydes is 1. The average molecular weight is 382 g/mol. The van der Waals surface area contributed by atoms with Gasteiger partial charge in [-0.2, -0.15) is 0 Å². The Morgan fingerprint density at radius 1 is 1.31 bits per heavy atom. The molecule has 2 unspecified atom stereocenters. The minimum Gasteiger partial charge on any atom is -0.454 e. The van der Waals surface area contributed by atoms with Crippen LogP contribution in [0.4, 0.5) is 0 Å². The van der Waals surface area contributed by atoms with Gasteiger partial charge in [0, 0.05) is 6.42 Å². The molecular formula is C19H26O6S. The highest BCUT2D eigenvalue weighted by atomic mass is 32.2. The van der Waals surface area contributed by atoms with Gasteiger partial charge in [0.05, 0.1) is 24.2 Å². The Bertz CT molecular complexity index is 591. The van der Waals surface area contributed by atoms with Gasteiger partial charge in [0.2, 0.25) is 6.79 Å². The van der Waals surface area contributed by atoms with Gasteiger partial charge in [0.15, 0.2) is 11.5 Å². The van der Waals surface area contributed by atoms with E-state index < -0.39 is 11.4 Å². The van der Waals surface area contributed by atoms with E-state index in [1.807, 2.05) is 0 Å². The highest BCUT2D eigenvalue weighted by molar-refractivity contribution is 7.95. The van der Waals surface area contributed by atoms with Crippen LogP contribution in [0.1, 0.15) is 56.3 Å². The van der Waals surface area contributed by atoms with Crippen LogP contribution in [0.25, 0.3) is 0 Å². The van der Waals surface area contributed by atoms with Gasteiger partial charge in [0.1, 0.15) is 11.7 Å². The van der Waals surface area contributed by atoms with E-state index >= 15 is 0 Å². The lowest BCUT2D eigenvalue weighted by Gasteiger charge is -2.19. The largest absolute Gasteiger partial charge is 0.454 e. The second-order valence-corrected chi connectivity index (χ2v) is 7.00. The van der Waals surface area contributed by atoms with Crippen LogP contribution in [-0.2, 0) is 13.7 Å². The van der Waals surface area contributed by atoms with E-state index in [0.29, 0.717) is 29.6 Å². The Kier molecular flexibility index (Phi) is 8.77. The number of benzene rings is 1. The summed E-state index contributed by atoms with van der Waals surface area (Å²) in [5, 5.41) is 0. The van der Waals surface area contributed by atoms with Gasteiger partial charge in [-0.25, -0.2) is 4.79 Å². The maximum atomic E-state index is 12.2. The summed E-state index contributed by atoms with van der Waals surface area (Å²) in [6.07, 6.45) is 5.38. The van der Waals surface area contributed by atoms with Crippen molar-refractivity contribution in [3.8, 4) is 11.5 Å². The fourth-order valence-electron chi connectivity index (χ4n) is 2.52. The highest BCUT2D eigenvalue weighted by Crippen LogP contribution is 2.33. The van der Waals surface area contributed by atoms with Gasteiger partial charge in [-0.05, 0) is 30.5 Å². The molecule has 1 aromatic carbocycles. The maximum absolute atomic E-state index is 12.2. The van der Waals surface area contributed by atoms with Crippen molar-refractivity contribution in [2.75, 3.05) is 13.4 Å². The maximum Gasteiger partial charge on any atom is 0.350 e.